The molecule has 0 saturated heterocycles. The molecule has 0 fully saturated rings. The van der Waals surface area contributed by atoms with E-state index >= 15 is 0 Å². The Morgan fingerprint density at radius 2 is 1.22 bits per heavy atom. The Morgan fingerprint density at radius 1 is 0.889 bits per heavy atom. The zero-order valence-electron chi connectivity index (χ0n) is 11.5. The summed E-state index contributed by atoms with van der Waals surface area (Å²) in [5.74, 6) is 0. The van der Waals surface area contributed by atoms with Crippen molar-refractivity contribution in [3.8, 4) is 0 Å². The Hall–Kier alpha value is 5.17. The van der Waals surface area contributed by atoms with E-state index in [-0.39, 0.29) is 161 Å². The van der Waals surface area contributed by atoms with Crippen LogP contribution in [0.3, 0.4) is 0 Å². The van der Waals surface area contributed by atoms with Crippen LogP contribution in [-0.4, -0.2) is 198 Å². The van der Waals surface area contributed by atoms with Crippen LogP contribution in [-0.2, 0) is 9.13 Å². The van der Waals surface area contributed by atoms with Crippen LogP contribution in [0.1, 0.15) is 19.8 Å². The third-order valence-electron chi connectivity index (χ3n) is 1.60. The number of hydrogen-bond acceptors (Lipinski definition) is 3. The predicted octanol–water partition coefficient (Wildman–Crippen LogP) is -0.784. The fourth-order valence-corrected chi connectivity index (χ4v) is 2.77. The standard InChI is InChI=1S/C6H17NO6P2.3K/c1-2-3-4-7(5-14(8,9)10)6-15(11,12)13;;;/h2-6H2,1H3,(H2,8,9,10)(H2,11,12,13);;;. The van der Waals surface area contributed by atoms with Gasteiger partial charge in [-0.25, -0.2) is 0 Å². The first-order valence-corrected chi connectivity index (χ1v) is 8.05. The van der Waals surface area contributed by atoms with E-state index < -0.39 is 27.8 Å². The molecule has 3 radical (unpaired) electrons. The summed E-state index contributed by atoms with van der Waals surface area (Å²) in [6.45, 7) is 2.15. The molecule has 0 aromatic carbocycles. The Morgan fingerprint density at radius 3 is 1.44 bits per heavy atom. The Kier molecular flexibility index (Phi) is 27.0. The van der Waals surface area contributed by atoms with Crippen molar-refractivity contribution in [1.82, 2.24) is 4.90 Å². The van der Waals surface area contributed by atoms with Crippen molar-refractivity contribution in [3.05, 3.63) is 0 Å². The number of rotatable bonds is 7. The molecule has 0 heterocycles. The minimum atomic E-state index is -4.27. The van der Waals surface area contributed by atoms with Gasteiger partial charge in [-0.1, -0.05) is 13.3 Å². The SMILES string of the molecule is CCCCN(CP(=O)(O)O)CP(=O)(O)O.[K].[K].[K]. The van der Waals surface area contributed by atoms with Crippen LogP contribution in [0.15, 0.2) is 0 Å². The first-order chi connectivity index (χ1) is 6.64. The first kappa shape index (κ1) is 31.0. The summed E-state index contributed by atoms with van der Waals surface area (Å²) in [5, 5.41) is 0. The topological polar surface area (TPSA) is 118 Å². The van der Waals surface area contributed by atoms with Gasteiger partial charge in [-0.15, -0.1) is 0 Å². The van der Waals surface area contributed by atoms with Crippen molar-refractivity contribution in [3.63, 3.8) is 0 Å². The fraction of sp³-hybridized carbons (Fsp3) is 1.00. The van der Waals surface area contributed by atoms with E-state index in [2.05, 4.69) is 0 Å². The van der Waals surface area contributed by atoms with Gasteiger partial charge >= 0.3 is 15.2 Å². The van der Waals surface area contributed by atoms with Gasteiger partial charge in [0.15, 0.2) is 0 Å². The zero-order chi connectivity index (χ0) is 12.1. The van der Waals surface area contributed by atoms with Crippen LogP contribution in [0, 0.1) is 0 Å². The van der Waals surface area contributed by atoms with Crippen molar-refractivity contribution in [1.29, 1.82) is 0 Å². The van der Waals surface area contributed by atoms with Gasteiger partial charge in [0.2, 0.25) is 0 Å². The summed E-state index contributed by atoms with van der Waals surface area (Å²) in [5.41, 5.74) is 0. The van der Waals surface area contributed by atoms with Gasteiger partial charge in [-0.3, -0.25) is 14.0 Å². The maximum Gasteiger partial charge on any atom is 0.339 e. The van der Waals surface area contributed by atoms with Gasteiger partial charge in [0, 0.05) is 154 Å². The van der Waals surface area contributed by atoms with Crippen molar-refractivity contribution in [2.24, 2.45) is 0 Å². The second-order valence-electron chi connectivity index (χ2n) is 3.36. The number of unbranched alkanes of at least 4 members (excludes halogenated alkanes) is 1. The molecule has 0 atom stereocenters. The predicted molar refractivity (Wildman–Crippen MR) is 72.7 cm³/mol. The molecule has 0 aliphatic heterocycles. The summed E-state index contributed by atoms with van der Waals surface area (Å²) in [6, 6.07) is 0. The van der Waals surface area contributed by atoms with Crippen LogP contribution < -0.4 is 0 Å². The third-order valence-corrected chi connectivity index (χ3v) is 3.13. The first-order valence-electron chi connectivity index (χ1n) is 4.45. The largest absolute Gasteiger partial charge is 0.339 e. The van der Waals surface area contributed by atoms with Crippen molar-refractivity contribution in [2.75, 3.05) is 19.1 Å². The van der Waals surface area contributed by atoms with Gasteiger partial charge in [0.25, 0.3) is 0 Å². The van der Waals surface area contributed by atoms with Gasteiger partial charge in [0.05, 0.1) is 0 Å². The molecular formula is C6H17K3NO6P2. The van der Waals surface area contributed by atoms with E-state index in [1.165, 1.54) is 0 Å². The van der Waals surface area contributed by atoms with Crippen LogP contribution in [0.4, 0.5) is 0 Å². The zero-order valence-corrected chi connectivity index (χ0v) is 22.6. The Labute approximate surface area is 235 Å². The molecule has 0 amide bonds. The molecular weight excluding hydrogens is 361 g/mol. The number of nitrogens with zero attached hydrogens (tertiary/aromatic N) is 1. The molecule has 7 nitrogen and oxygen atoms in total. The van der Waals surface area contributed by atoms with Gasteiger partial charge in [0.1, 0.15) is 12.6 Å². The van der Waals surface area contributed by atoms with E-state index in [1.807, 2.05) is 6.92 Å². The average molecular weight is 378 g/mol. The number of hydrogen-bond donors (Lipinski definition) is 4. The van der Waals surface area contributed by atoms with E-state index in [0.29, 0.717) is 6.42 Å². The van der Waals surface area contributed by atoms with Crippen LogP contribution in [0.2, 0.25) is 0 Å². The minimum absolute atomic E-state index is 0. The molecule has 0 bridgehead atoms. The summed E-state index contributed by atoms with van der Waals surface area (Å²) >= 11 is 0. The van der Waals surface area contributed by atoms with Crippen LogP contribution in [0.5, 0.6) is 0 Å². The molecule has 0 spiro atoms. The second kappa shape index (κ2) is 15.7. The molecule has 0 aliphatic carbocycles. The molecule has 18 heavy (non-hydrogen) atoms. The molecule has 0 aliphatic rings. The van der Waals surface area contributed by atoms with E-state index in [9.17, 15) is 9.13 Å². The van der Waals surface area contributed by atoms with Crippen LogP contribution >= 0.6 is 15.2 Å². The molecule has 0 saturated carbocycles. The molecule has 0 aromatic heterocycles. The second-order valence-corrected chi connectivity index (χ2v) is 6.58. The summed E-state index contributed by atoms with van der Waals surface area (Å²) < 4.78 is 21.4. The van der Waals surface area contributed by atoms with Crippen molar-refractivity contribution < 1.29 is 28.7 Å². The molecule has 0 aromatic rings. The van der Waals surface area contributed by atoms with Crippen LogP contribution in [0.25, 0.3) is 0 Å². The van der Waals surface area contributed by atoms with Gasteiger partial charge in [-0.05, 0) is 13.0 Å². The maximum atomic E-state index is 10.7. The van der Waals surface area contributed by atoms with Crippen molar-refractivity contribution in [2.45, 2.75) is 19.8 Å². The molecule has 0 unspecified atom stereocenters. The van der Waals surface area contributed by atoms with Crippen molar-refractivity contribution >= 4 is 169 Å². The quantitative estimate of drug-likeness (QED) is 0.339. The smallest absolute Gasteiger partial charge is 0.324 e. The van der Waals surface area contributed by atoms with Gasteiger partial charge in [-0.2, -0.15) is 0 Å². The normalized spacial score (nSPS) is 11.2. The van der Waals surface area contributed by atoms with E-state index in [0.717, 1.165) is 11.3 Å². The summed E-state index contributed by atoms with van der Waals surface area (Å²) in [4.78, 5) is 35.9. The molecule has 95 valence electrons. The Bertz CT molecular complexity index is 258. The fourth-order valence-electron chi connectivity index (χ4n) is 1.09. The third kappa shape index (κ3) is 23.4. The van der Waals surface area contributed by atoms with E-state index in [1.54, 1.807) is 0 Å². The van der Waals surface area contributed by atoms with Gasteiger partial charge < -0.3 is 19.6 Å². The monoisotopic (exact) mass is 378 g/mol. The average Bonchev–Trinajstić information content (AvgIpc) is 1.94. The summed E-state index contributed by atoms with van der Waals surface area (Å²) in [6.07, 6.45) is 0.203. The maximum absolute atomic E-state index is 10.7. The summed E-state index contributed by atoms with van der Waals surface area (Å²) in [7, 11) is -8.53. The molecule has 12 heteroatoms. The molecule has 4 N–H and O–H groups in total. The minimum Gasteiger partial charge on any atom is -0.324 e. The Balaban J connectivity index is -0.000000327. The molecule has 0 rings (SSSR count). The van der Waals surface area contributed by atoms with E-state index in [4.69, 9.17) is 19.6 Å².